The molecule has 5 heteroatoms. The van der Waals surface area contributed by atoms with Crippen LogP contribution in [0.1, 0.15) is 43.2 Å². The molecule has 0 radical (unpaired) electrons. The van der Waals surface area contributed by atoms with Gasteiger partial charge in [0.2, 0.25) is 11.8 Å². The third kappa shape index (κ3) is 3.55. The quantitative estimate of drug-likeness (QED) is 0.802. The highest BCUT2D eigenvalue weighted by atomic mass is 16.2. The lowest BCUT2D eigenvalue weighted by atomic mass is 9.73. The van der Waals surface area contributed by atoms with Crippen molar-refractivity contribution in [2.24, 2.45) is 11.8 Å². The smallest absolute Gasteiger partial charge is 0.237 e. The minimum atomic E-state index is -0.00812. The molecule has 1 aromatic carbocycles. The van der Waals surface area contributed by atoms with E-state index in [1.54, 1.807) is 0 Å². The van der Waals surface area contributed by atoms with Crippen LogP contribution in [0, 0.1) is 25.7 Å². The molecular formula is C18H25N3O2. The molecule has 0 spiro atoms. The van der Waals surface area contributed by atoms with E-state index in [1.807, 2.05) is 25.1 Å². The summed E-state index contributed by atoms with van der Waals surface area (Å²) in [5.74, 6) is 0.402. The van der Waals surface area contributed by atoms with E-state index < -0.39 is 0 Å². The van der Waals surface area contributed by atoms with Crippen molar-refractivity contribution in [2.75, 3.05) is 5.32 Å². The number of amides is 2. The van der Waals surface area contributed by atoms with Gasteiger partial charge in [0.15, 0.2) is 0 Å². The summed E-state index contributed by atoms with van der Waals surface area (Å²) in [5.41, 5.74) is 9.00. The van der Waals surface area contributed by atoms with Crippen LogP contribution in [0.25, 0.3) is 0 Å². The lowest BCUT2D eigenvalue weighted by Crippen LogP contribution is -2.60. The molecule has 3 rings (SSSR count). The molecule has 5 nitrogen and oxygen atoms in total. The second-order valence-corrected chi connectivity index (χ2v) is 6.85. The zero-order valence-corrected chi connectivity index (χ0v) is 13.8. The van der Waals surface area contributed by atoms with Gasteiger partial charge >= 0.3 is 0 Å². The van der Waals surface area contributed by atoms with Gasteiger partial charge in [0.25, 0.3) is 0 Å². The van der Waals surface area contributed by atoms with Gasteiger partial charge in [0, 0.05) is 24.1 Å². The number of carbonyl (C=O) groups is 2. The predicted octanol–water partition coefficient (Wildman–Crippen LogP) is 2.44. The van der Waals surface area contributed by atoms with Gasteiger partial charge in [-0.1, -0.05) is 18.9 Å². The van der Waals surface area contributed by atoms with Crippen molar-refractivity contribution >= 4 is 17.5 Å². The molecule has 0 bridgehead atoms. The Labute approximate surface area is 137 Å². The molecule has 1 aromatic rings. The van der Waals surface area contributed by atoms with Crippen LogP contribution in [-0.2, 0) is 9.59 Å². The number of benzene rings is 1. The van der Waals surface area contributed by atoms with Gasteiger partial charge in [0.1, 0.15) is 0 Å². The molecule has 2 fully saturated rings. The Morgan fingerprint density at radius 3 is 2.78 bits per heavy atom. The Bertz CT molecular complexity index is 614. The van der Waals surface area contributed by atoms with E-state index in [0.717, 1.165) is 36.9 Å². The van der Waals surface area contributed by atoms with Crippen molar-refractivity contribution in [1.29, 1.82) is 0 Å². The number of hydrogen-bond donors (Lipinski definition) is 3. The van der Waals surface area contributed by atoms with Crippen LogP contribution in [0.15, 0.2) is 18.2 Å². The first-order valence-electron chi connectivity index (χ1n) is 8.47. The lowest BCUT2D eigenvalue weighted by Gasteiger charge is -2.40. The number of aryl methyl sites for hydroxylation is 2. The van der Waals surface area contributed by atoms with Crippen LogP contribution in [0.5, 0.6) is 0 Å². The number of hydrogen-bond acceptors (Lipinski definition) is 3. The lowest BCUT2D eigenvalue weighted by molar-refractivity contribution is -0.134. The maximum atomic E-state index is 12.4. The van der Waals surface area contributed by atoms with E-state index in [0.29, 0.717) is 6.42 Å². The predicted molar refractivity (Wildman–Crippen MR) is 89.7 cm³/mol. The minimum absolute atomic E-state index is 0.00812. The summed E-state index contributed by atoms with van der Waals surface area (Å²) < 4.78 is 0. The zero-order valence-electron chi connectivity index (χ0n) is 13.8. The molecule has 3 N–H and O–H groups in total. The summed E-state index contributed by atoms with van der Waals surface area (Å²) >= 11 is 0. The fourth-order valence-corrected chi connectivity index (χ4v) is 3.76. The monoisotopic (exact) mass is 315 g/mol. The molecule has 0 aromatic heterocycles. The molecule has 3 unspecified atom stereocenters. The fourth-order valence-electron chi connectivity index (χ4n) is 3.76. The van der Waals surface area contributed by atoms with E-state index in [-0.39, 0.29) is 29.7 Å². The van der Waals surface area contributed by atoms with Gasteiger partial charge in [-0.3, -0.25) is 15.0 Å². The number of anilines is 1. The Hall–Kier alpha value is -1.88. The summed E-state index contributed by atoms with van der Waals surface area (Å²) in [7, 11) is 0. The Morgan fingerprint density at radius 1 is 1.22 bits per heavy atom. The number of hydrazine groups is 1. The Kier molecular flexibility index (Phi) is 4.66. The molecule has 2 aliphatic rings. The van der Waals surface area contributed by atoms with Crippen molar-refractivity contribution < 1.29 is 9.59 Å². The van der Waals surface area contributed by atoms with Gasteiger partial charge < -0.3 is 5.32 Å². The van der Waals surface area contributed by atoms with Crippen molar-refractivity contribution in [3.05, 3.63) is 29.3 Å². The summed E-state index contributed by atoms with van der Waals surface area (Å²) in [6, 6.07) is 5.96. The van der Waals surface area contributed by atoms with E-state index in [1.165, 1.54) is 5.56 Å². The second kappa shape index (κ2) is 6.71. The van der Waals surface area contributed by atoms with Crippen LogP contribution in [0.4, 0.5) is 5.69 Å². The first-order valence-corrected chi connectivity index (χ1v) is 8.47. The highest BCUT2D eigenvalue weighted by Crippen LogP contribution is 2.35. The van der Waals surface area contributed by atoms with Gasteiger partial charge in [-0.25, -0.2) is 5.43 Å². The van der Waals surface area contributed by atoms with E-state index >= 15 is 0 Å². The summed E-state index contributed by atoms with van der Waals surface area (Å²) in [6.07, 6.45) is 4.59. The zero-order chi connectivity index (χ0) is 16.4. The molecular weight excluding hydrogens is 290 g/mol. The number of nitrogens with one attached hydrogen (secondary N) is 3. The fraction of sp³-hybridized carbons (Fsp3) is 0.556. The van der Waals surface area contributed by atoms with Gasteiger partial charge in [0.05, 0.1) is 0 Å². The molecule has 1 saturated carbocycles. The standard InChI is InChI=1S/C18H25N3O2/c1-11-7-8-13(9-12(11)2)19-17(22)10-16-14-5-3-4-6-15(14)18(23)21-20-16/h7-9,14-16,20H,3-6,10H2,1-2H3,(H,19,22)(H,21,23). The average Bonchev–Trinajstić information content (AvgIpc) is 2.54. The summed E-state index contributed by atoms with van der Waals surface area (Å²) in [5, 5.41) is 2.97. The van der Waals surface area contributed by atoms with Crippen LogP contribution in [-0.4, -0.2) is 17.9 Å². The molecule has 124 valence electrons. The maximum Gasteiger partial charge on any atom is 0.237 e. The van der Waals surface area contributed by atoms with Crippen molar-refractivity contribution in [3.8, 4) is 0 Å². The van der Waals surface area contributed by atoms with Gasteiger partial charge in [-0.05, 0) is 55.9 Å². The molecule has 3 atom stereocenters. The first-order chi connectivity index (χ1) is 11.0. The summed E-state index contributed by atoms with van der Waals surface area (Å²) in [6.45, 7) is 4.09. The normalized spacial score (nSPS) is 27.0. The second-order valence-electron chi connectivity index (χ2n) is 6.85. The summed E-state index contributed by atoms with van der Waals surface area (Å²) in [4.78, 5) is 24.3. The molecule has 1 aliphatic carbocycles. The van der Waals surface area contributed by atoms with Crippen LogP contribution in [0.2, 0.25) is 0 Å². The first kappa shape index (κ1) is 16.0. The molecule has 1 saturated heterocycles. The van der Waals surface area contributed by atoms with Crippen molar-refractivity contribution in [3.63, 3.8) is 0 Å². The van der Waals surface area contributed by atoms with Crippen LogP contribution in [0.3, 0.4) is 0 Å². The third-order valence-electron chi connectivity index (χ3n) is 5.25. The highest BCUT2D eigenvalue weighted by molar-refractivity contribution is 5.91. The molecule has 23 heavy (non-hydrogen) atoms. The SMILES string of the molecule is Cc1ccc(NC(=O)CC2NNC(=O)C3CCCCC23)cc1C. The number of carbonyl (C=O) groups excluding carboxylic acids is 2. The Morgan fingerprint density at radius 2 is 2.00 bits per heavy atom. The van der Waals surface area contributed by atoms with E-state index in [4.69, 9.17) is 0 Å². The van der Waals surface area contributed by atoms with E-state index in [9.17, 15) is 9.59 Å². The van der Waals surface area contributed by atoms with Gasteiger partial charge in [-0.2, -0.15) is 0 Å². The average molecular weight is 315 g/mol. The van der Waals surface area contributed by atoms with Crippen molar-refractivity contribution in [1.82, 2.24) is 10.9 Å². The maximum absolute atomic E-state index is 12.4. The third-order valence-corrected chi connectivity index (χ3v) is 5.25. The van der Waals surface area contributed by atoms with Crippen molar-refractivity contribution in [2.45, 2.75) is 52.0 Å². The largest absolute Gasteiger partial charge is 0.326 e. The molecule has 1 heterocycles. The van der Waals surface area contributed by atoms with E-state index in [2.05, 4.69) is 23.1 Å². The Balaban J connectivity index is 1.62. The highest BCUT2D eigenvalue weighted by Gasteiger charge is 2.40. The van der Waals surface area contributed by atoms with Gasteiger partial charge in [-0.15, -0.1) is 0 Å². The number of rotatable bonds is 3. The van der Waals surface area contributed by atoms with Crippen LogP contribution < -0.4 is 16.2 Å². The minimum Gasteiger partial charge on any atom is -0.326 e. The topological polar surface area (TPSA) is 70.2 Å². The molecule has 1 aliphatic heterocycles. The molecule has 2 amide bonds. The number of fused-ring (bicyclic) bond motifs is 1. The van der Waals surface area contributed by atoms with Crippen LogP contribution >= 0.6 is 0 Å².